The van der Waals surface area contributed by atoms with Crippen molar-refractivity contribution in [2.75, 3.05) is 20.2 Å². The zero-order chi connectivity index (χ0) is 11.3. The first kappa shape index (κ1) is 12.7. The molecule has 0 atom stereocenters. The maximum Gasteiger partial charge on any atom is 0.319 e. The molecule has 1 aromatic heterocycles. The van der Waals surface area contributed by atoms with Gasteiger partial charge in [0.1, 0.15) is 0 Å². The second-order valence-corrected chi connectivity index (χ2v) is 4.93. The summed E-state index contributed by atoms with van der Waals surface area (Å²) in [5.74, 6) is -0.190. The average molecular weight is 292 g/mol. The predicted molar refractivity (Wildman–Crippen MR) is 65.0 cm³/mol. The Morgan fingerprint density at radius 1 is 1.67 bits per heavy atom. The van der Waals surface area contributed by atoms with E-state index in [1.807, 2.05) is 23.3 Å². The van der Waals surface area contributed by atoms with Crippen molar-refractivity contribution in [3.8, 4) is 0 Å². The number of hydrogen-bond acceptors (Lipinski definition) is 4. The van der Waals surface area contributed by atoms with Gasteiger partial charge in [0.2, 0.25) is 0 Å². The zero-order valence-corrected chi connectivity index (χ0v) is 11.2. The minimum atomic E-state index is -0.190. The highest BCUT2D eigenvalue weighted by molar-refractivity contribution is 9.10. The lowest BCUT2D eigenvalue weighted by Crippen LogP contribution is -2.29. The third-order valence-corrected chi connectivity index (χ3v) is 4.00. The predicted octanol–water partition coefficient (Wildman–Crippen LogP) is 2.51. The van der Waals surface area contributed by atoms with Crippen molar-refractivity contribution in [1.82, 2.24) is 4.90 Å². The van der Waals surface area contributed by atoms with Crippen molar-refractivity contribution >= 4 is 33.2 Å². The summed E-state index contributed by atoms with van der Waals surface area (Å²) >= 11 is 5.16. The summed E-state index contributed by atoms with van der Waals surface area (Å²) in [5.41, 5.74) is 0. The number of halogens is 1. The quantitative estimate of drug-likeness (QED) is 0.781. The smallest absolute Gasteiger partial charge is 0.319 e. The standard InChI is InChI=1S/C10H14BrNO2S/c1-3-12(7-10(13)14-2)6-9-8(11)4-5-15-9/h4-5H,3,6-7H2,1-2H3. The molecular weight excluding hydrogens is 278 g/mol. The molecule has 0 aromatic carbocycles. The SMILES string of the molecule is CCN(CC(=O)OC)Cc1sccc1Br. The molecule has 0 fully saturated rings. The van der Waals surface area contributed by atoms with E-state index < -0.39 is 0 Å². The van der Waals surface area contributed by atoms with Crippen LogP contribution in [0.2, 0.25) is 0 Å². The highest BCUT2D eigenvalue weighted by Gasteiger charge is 2.11. The number of ether oxygens (including phenoxy) is 1. The molecule has 0 aliphatic carbocycles. The van der Waals surface area contributed by atoms with E-state index in [1.54, 1.807) is 11.3 Å². The number of carbonyl (C=O) groups is 1. The Morgan fingerprint density at radius 3 is 2.87 bits per heavy atom. The molecule has 1 aromatic rings. The molecule has 0 aliphatic rings. The van der Waals surface area contributed by atoms with E-state index in [1.165, 1.54) is 12.0 Å². The van der Waals surface area contributed by atoms with E-state index in [-0.39, 0.29) is 5.97 Å². The molecule has 5 heteroatoms. The van der Waals surface area contributed by atoms with Crippen molar-refractivity contribution in [2.24, 2.45) is 0 Å². The number of esters is 1. The minimum Gasteiger partial charge on any atom is -0.468 e. The number of rotatable bonds is 5. The van der Waals surface area contributed by atoms with Crippen molar-refractivity contribution in [2.45, 2.75) is 13.5 Å². The molecule has 84 valence electrons. The second kappa shape index (κ2) is 6.25. The Morgan fingerprint density at radius 2 is 2.40 bits per heavy atom. The van der Waals surface area contributed by atoms with Crippen LogP contribution in [-0.4, -0.2) is 31.1 Å². The lowest BCUT2D eigenvalue weighted by Gasteiger charge is -2.18. The molecule has 15 heavy (non-hydrogen) atoms. The fourth-order valence-electron chi connectivity index (χ4n) is 1.17. The van der Waals surface area contributed by atoms with E-state index >= 15 is 0 Å². The topological polar surface area (TPSA) is 29.5 Å². The van der Waals surface area contributed by atoms with Crippen LogP contribution in [0.4, 0.5) is 0 Å². The van der Waals surface area contributed by atoms with Gasteiger partial charge >= 0.3 is 5.97 Å². The lowest BCUT2D eigenvalue weighted by atomic mass is 10.4. The number of carbonyl (C=O) groups excluding carboxylic acids is 1. The van der Waals surface area contributed by atoms with Gasteiger partial charge < -0.3 is 4.74 Å². The van der Waals surface area contributed by atoms with E-state index in [9.17, 15) is 4.79 Å². The average Bonchev–Trinajstić information content (AvgIpc) is 2.63. The van der Waals surface area contributed by atoms with Gasteiger partial charge in [0, 0.05) is 15.9 Å². The molecule has 0 N–H and O–H groups in total. The van der Waals surface area contributed by atoms with E-state index in [0.29, 0.717) is 6.54 Å². The summed E-state index contributed by atoms with van der Waals surface area (Å²) in [6.07, 6.45) is 0. The normalized spacial score (nSPS) is 10.7. The Labute approximate surface area is 102 Å². The number of methoxy groups -OCH3 is 1. The number of likely N-dealkylation sites (N-methyl/N-ethyl adjacent to an activating group) is 1. The van der Waals surface area contributed by atoms with Crippen LogP contribution in [0.5, 0.6) is 0 Å². The summed E-state index contributed by atoms with van der Waals surface area (Å²) in [6, 6.07) is 2.02. The third kappa shape index (κ3) is 3.93. The van der Waals surface area contributed by atoms with Crippen molar-refractivity contribution in [3.63, 3.8) is 0 Å². The van der Waals surface area contributed by atoms with Crippen LogP contribution in [0.3, 0.4) is 0 Å². The van der Waals surface area contributed by atoms with E-state index in [4.69, 9.17) is 0 Å². The summed E-state index contributed by atoms with van der Waals surface area (Å²) < 4.78 is 5.75. The van der Waals surface area contributed by atoms with Crippen molar-refractivity contribution in [3.05, 3.63) is 20.8 Å². The van der Waals surface area contributed by atoms with Gasteiger partial charge in [-0.3, -0.25) is 9.69 Å². The van der Waals surface area contributed by atoms with Crippen LogP contribution >= 0.6 is 27.3 Å². The second-order valence-electron chi connectivity index (χ2n) is 3.07. The molecular formula is C10H14BrNO2S. The first-order chi connectivity index (χ1) is 7.17. The Kier molecular flexibility index (Phi) is 5.28. The first-order valence-electron chi connectivity index (χ1n) is 4.68. The molecule has 0 bridgehead atoms. The van der Waals surface area contributed by atoms with E-state index in [2.05, 4.69) is 20.7 Å². The van der Waals surface area contributed by atoms with Crippen LogP contribution in [0.25, 0.3) is 0 Å². The molecule has 1 rings (SSSR count). The van der Waals surface area contributed by atoms with Gasteiger partial charge in [-0.2, -0.15) is 0 Å². The molecule has 0 saturated carbocycles. The molecule has 0 unspecified atom stereocenters. The number of thiophene rings is 1. The highest BCUT2D eigenvalue weighted by Crippen LogP contribution is 2.23. The maximum atomic E-state index is 11.1. The lowest BCUT2D eigenvalue weighted by molar-refractivity contribution is -0.142. The molecule has 3 nitrogen and oxygen atoms in total. The van der Waals surface area contributed by atoms with E-state index in [0.717, 1.165) is 17.6 Å². The van der Waals surface area contributed by atoms with Crippen molar-refractivity contribution < 1.29 is 9.53 Å². The number of hydrogen-bond donors (Lipinski definition) is 0. The van der Waals surface area contributed by atoms with Gasteiger partial charge in [-0.25, -0.2) is 0 Å². The fourth-order valence-corrected chi connectivity index (χ4v) is 2.69. The molecule has 0 amide bonds. The monoisotopic (exact) mass is 291 g/mol. The maximum absolute atomic E-state index is 11.1. The molecule has 0 saturated heterocycles. The number of nitrogens with zero attached hydrogens (tertiary/aromatic N) is 1. The Hall–Kier alpha value is -0.390. The highest BCUT2D eigenvalue weighted by atomic mass is 79.9. The van der Waals surface area contributed by atoms with Crippen LogP contribution in [0.15, 0.2) is 15.9 Å². The summed E-state index contributed by atoms with van der Waals surface area (Å²) in [5, 5.41) is 2.03. The zero-order valence-electron chi connectivity index (χ0n) is 8.83. The molecule has 0 radical (unpaired) electrons. The minimum absolute atomic E-state index is 0.190. The first-order valence-corrected chi connectivity index (χ1v) is 6.35. The Bertz CT molecular complexity index is 327. The van der Waals surface area contributed by atoms with Gasteiger partial charge in [0.25, 0.3) is 0 Å². The Balaban J connectivity index is 2.54. The van der Waals surface area contributed by atoms with Crippen LogP contribution in [-0.2, 0) is 16.1 Å². The van der Waals surface area contributed by atoms with Gasteiger partial charge in [0.15, 0.2) is 0 Å². The van der Waals surface area contributed by atoms with Crippen LogP contribution in [0, 0.1) is 0 Å². The van der Waals surface area contributed by atoms with Crippen LogP contribution in [0.1, 0.15) is 11.8 Å². The molecule has 0 spiro atoms. The third-order valence-electron chi connectivity index (χ3n) is 2.09. The molecule has 1 heterocycles. The largest absolute Gasteiger partial charge is 0.468 e. The van der Waals surface area contributed by atoms with Gasteiger partial charge in [0.05, 0.1) is 13.7 Å². The van der Waals surface area contributed by atoms with Crippen molar-refractivity contribution in [1.29, 1.82) is 0 Å². The fraction of sp³-hybridized carbons (Fsp3) is 0.500. The summed E-state index contributed by atoms with van der Waals surface area (Å²) in [7, 11) is 1.41. The van der Waals surface area contributed by atoms with Gasteiger partial charge in [-0.15, -0.1) is 11.3 Å². The summed E-state index contributed by atoms with van der Waals surface area (Å²) in [4.78, 5) is 14.4. The van der Waals surface area contributed by atoms with Gasteiger partial charge in [-0.05, 0) is 33.9 Å². The molecule has 0 aliphatic heterocycles. The van der Waals surface area contributed by atoms with Gasteiger partial charge in [-0.1, -0.05) is 6.92 Å². The summed E-state index contributed by atoms with van der Waals surface area (Å²) in [6.45, 7) is 3.99. The van der Waals surface area contributed by atoms with Crippen LogP contribution < -0.4 is 0 Å².